The van der Waals surface area contributed by atoms with Crippen molar-refractivity contribution >= 4 is 45.1 Å². The summed E-state index contributed by atoms with van der Waals surface area (Å²) in [6, 6.07) is 10.6. The minimum absolute atomic E-state index is 0.0873. The summed E-state index contributed by atoms with van der Waals surface area (Å²) in [5.74, 6) is -0.0448. The van der Waals surface area contributed by atoms with Crippen molar-refractivity contribution in [3.05, 3.63) is 62.2 Å². The highest BCUT2D eigenvalue weighted by atomic mass is 79.9. The average molecular weight is 471 g/mol. The second-order valence-corrected chi connectivity index (χ2v) is 7.17. The highest BCUT2D eigenvalue weighted by Gasteiger charge is 2.22. The van der Waals surface area contributed by atoms with Crippen molar-refractivity contribution in [1.29, 1.82) is 0 Å². The number of benzene rings is 2. The number of esters is 1. The van der Waals surface area contributed by atoms with Crippen LogP contribution in [0.1, 0.15) is 23.0 Å². The zero-order valence-corrected chi connectivity index (χ0v) is 17.2. The molecule has 1 N–H and O–H groups in total. The number of carbonyl (C=O) groups excluding carboxylic acids is 1. The molecule has 0 unspecified atom stereocenters. The van der Waals surface area contributed by atoms with Crippen molar-refractivity contribution < 1.29 is 14.3 Å². The lowest BCUT2D eigenvalue weighted by atomic mass is 10.1. The summed E-state index contributed by atoms with van der Waals surface area (Å²) >= 11 is 15.5. The van der Waals surface area contributed by atoms with E-state index in [2.05, 4.69) is 31.3 Å². The second-order valence-electron chi connectivity index (χ2n) is 5.41. The molecule has 0 aliphatic carbocycles. The third-order valence-electron chi connectivity index (χ3n) is 3.61. The molecule has 0 bridgehead atoms. The fourth-order valence-electron chi connectivity index (χ4n) is 2.37. The van der Waals surface area contributed by atoms with Gasteiger partial charge in [0, 0.05) is 25.6 Å². The number of hydrogen-bond acceptors (Lipinski definition) is 5. The van der Waals surface area contributed by atoms with Crippen molar-refractivity contribution in [1.82, 2.24) is 15.4 Å². The SMILES string of the molecule is CCOC(=O)c1n[nH]nc1-c1cc(Br)ccc1OCc1ccc(Cl)cc1Cl. The zero-order chi connectivity index (χ0) is 19.4. The maximum absolute atomic E-state index is 12.1. The number of nitrogens with one attached hydrogen (secondary N) is 1. The molecule has 0 spiro atoms. The first-order valence-corrected chi connectivity index (χ1v) is 9.49. The lowest BCUT2D eigenvalue weighted by molar-refractivity contribution is 0.0520. The minimum atomic E-state index is -0.562. The lowest BCUT2D eigenvalue weighted by Gasteiger charge is -2.12. The van der Waals surface area contributed by atoms with Crippen LogP contribution in [0.25, 0.3) is 11.3 Å². The molecule has 0 fully saturated rings. The van der Waals surface area contributed by atoms with E-state index in [1.54, 1.807) is 37.3 Å². The Hall–Kier alpha value is -2.09. The minimum Gasteiger partial charge on any atom is -0.488 e. The molecule has 1 aromatic heterocycles. The number of rotatable bonds is 6. The molecule has 0 aliphatic heterocycles. The van der Waals surface area contributed by atoms with Gasteiger partial charge in [-0.25, -0.2) is 4.79 Å². The number of hydrogen-bond donors (Lipinski definition) is 1. The van der Waals surface area contributed by atoms with Crippen molar-refractivity contribution in [2.45, 2.75) is 13.5 Å². The Kier molecular flexibility index (Phi) is 6.36. The van der Waals surface area contributed by atoms with E-state index >= 15 is 0 Å². The van der Waals surface area contributed by atoms with Crippen LogP contribution in [0.5, 0.6) is 5.75 Å². The Bertz CT molecular complexity index is 978. The van der Waals surface area contributed by atoms with Crippen molar-refractivity contribution in [2.75, 3.05) is 6.61 Å². The van der Waals surface area contributed by atoms with Crippen LogP contribution < -0.4 is 4.74 Å². The van der Waals surface area contributed by atoms with Gasteiger partial charge in [0.05, 0.1) is 6.61 Å². The van der Waals surface area contributed by atoms with Crippen LogP contribution in [0.2, 0.25) is 10.0 Å². The number of aromatic amines is 1. The maximum Gasteiger partial charge on any atom is 0.361 e. The summed E-state index contributed by atoms with van der Waals surface area (Å²) < 4.78 is 11.8. The summed E-state index contributed by atoms with van der Waals surface area (Å²) in [5.41, 5.74) is 1.79. The predicted molar refractivity (Wildman–Crippen MR) is 106 cm³/mol. The fraction of sp³-hybridized carbons (Fsp3) is 0.167. The standard InChI is InChI=1S/C18H14BrCl2N3O3/c1-2-26-18(25)17-16(22-24-23-17)13-7-11(19)4-6-15(13)27-9-10-3-5-12(20)8-14(10)21/h3-8H,2,9H2,1H3,(H,22,23,24). The van der Waals surface area contributed by atoms with Gasteiger partial charge in [0.25, 0.3) is 0 Å². The first-order chi connectivity index (χ1) is 13.0. The monoisotopic (exact) mass is 469 g/mol. The molecule has 6 nitrogen and oxygen atoms in total. The van der Waals surface area contributed by atoms with Crippen LogP contribution in [-0.4, -0.2) is 28.0 Å². The van der Waals surface area contributed by atoms with E-state index in [-0.39, 0.29) is 18.9 Å². The number of halogens is 3. The molecule has 140 valence electrons. The van der Waals surface area contributed by atoms with Crippen LogP contribution in [-0.2, 0) is 11.3 Å². The number of carbonyl (C=O) groups is 1. The van der Waals surface area contributed by atoms with Gasteiger partial charge in [-0.05, 0) is 37.3 Å². The highest BCUT2D eigenvalue weighted by molar-refractivity contribution is 9.10. The average Bonchev–Trinajstić information content (AvgIpc) is 3.12. The van der Waals surface area contributed by atoms with Gasteiger partial charge in [-0.2, -0.15) is 10.3 Å². The summed E-state index contributed by atoms with van der Waals surface area (Å²) in [4.78, 5) is 12.1. The van der Waals surface area contributed by atoms with Crippen LogP contribution in [0, 0.1) is 0 Å². The van der Waals surface area contributed by atoms with Gasteiger partial charge in [-0.1, -0.05) is 45.2 Å². The summed E-state index contributed by atoms with van der Waals surface area (Å²) in [6.45, 7) is 2.18. The van der Waals surface area contributed by atoms with E-state index in [4.69, 9.17) is 32.7 Å². The quantitative estimate of drug-likeness (QED) is 0.495. The van der Waals surface area contributed by atoms with Crippen molar-refractivity contribution in [2.24, 2.45) is 0 Å². The molecule has 1 heterocycles. The third kappa shape index (κ3) is 4.61. The molecule has 0 atom stereocenters. The molecular weight excluding hydrogens is 457 g/mol. The van der Waals surface area contributed by atoms with Gasteiger partial charge in [0.15, 0.2) is 5.69 Å². The molecule has 27 heavy (non-hydrogen) atoms. The predicted octanol–water partition coefficient (Wildman–Crippen LogP) is 5.30. The maximum atomic E-state index is 12.1. The molecule has 2 aromatic carbocycles. The fourth-order valence-corrected chi connectivity index (χ4v) is 3.19. The van der Waals surface area contributed by atoms with Crippen LogP contribution >= 0.6 is 39.1 Å². The molecule has 3 rings (SSSR count). The summed E-state index contributed by atoms with van der Waals surface area (Å²) in [6.07, 6.45) is 0. The molecular formula is C18H14BrCl2N3O3. The number of ether oxygens (including phenoxy) is 2. The first kappa shape index (κ1) is 19.7. The molecule has 9 heteroatoms. The summed E-state index contributed by atoms with van der Waals surface area (Å²) in [7, 11) is 0. The van der Waals surface area contributed by atoms with E-state index < -0.39 is 5.97 Å². The van der Waals surface area contributed by atoms with Gasteiger partial charge < -0.3 is 9.47 Å². The largest absolute Gasteiger partial charge is 0.488 e. The Labute approximate surface area is 173 Å². The van der Waals surface area contributed by atoms with Crippen LogP contribution in [0.15, 0.2) is 40.9 Å². The Morgan fingerprint density at radius 1 is 1.19 bits per heavy atom. The van der Waals surface area contributed by atoms with E-state index in [1.807, 2.05) is 6.07 Å². The van der Waals surface area contributed by atoms with E-state index in [0.29, 0.717) is 27.1 Å². The van der Waals surface area contributed by atoms with E-state index in [9.17, 15) is 4.79 Å². The number of aromatic nitrogens is 3. The topological polar surface area (TPSA) is 77.1 Å². The number of H-pyrrole nitrogens is 1. The first-order valence-electron chi connectivity index (χ1n) is 7.94. The van der Waals surface area contributed by atoms with Crippen molar-refractivity contribution in [3.63, 3.8) is 0 Å². The van der Waals surface area contributed by atoms with Crippen LogP contribution in [0.3, 0.4) is 0 Å². The second kappa shape index (κ2) is 8.73. The normalized spacial score (nSPS) is 10.7. The molecule has 0 aliphatic rings. The Morgan fingerprint density at radius 2 is 2.00 bits per heavy atom. The van der Waals surface area contributed by atoms with E-state index in [1.165, 1.54) is 0 Å². The molecule has 3 aromatic rings. The molecule has 0 amide bonds. The van der Waals surface area contributed by atoms with Gasteiger partial charge in [-0.15, -0.1) is 5.10 Å². The highest BCUT2D eigenvalue weighted by Crippen LogP contribution is 2.34. The van der Waals surface area contributed by atoms with Crippen molar-refractivity contribution in [3.8, 4) is 17.0 Å². The molecule has 0 saturated carbocycles. The van der Waals surface area contributed by atoms with Gasteiger partial charge >= 0.3 is 5.97 Å². The smallest absolute Gasteiger partial charge is 0.361 e. The Balaban J connectivity index is 1.92. The zero-order valence-electron chi connectivity index (χ0n) is 14.1. The van der Waals surface area contributed by atoms with Gasteiger partial charge in [-0.3, -0.25) is 0 Å². The van der Waals surface area contributed by atoms with Crippen LogP contribution in [0.4, 0.5) is 0 Å². The van der Waals surface area contributed by atoms with Gasteiger partial charge in [0.1, 0.15) is 18.1 Å². The van der Waals surface area contributed by atoms with Gasteiger partial charge in [0.2, 0.25) is 0 Å². The molecule has 0 radical (unpaired) electrons. The molecule has 0 saturated heterocycles. The third-order valence-corrected chi connectivity index (χ3v) is 4.69. The lowest BCUT2D eigenvalue weighted by Crippen LogP contribution is -2.07. The van der Waals surface area contributed by atoms with E-state index in [0.717, 1.165) is 10.0 Å². The Morgan fingerprint density at radius 3 is 2.74 bits per heavy atom. The summed E-state index contributed by atoms with van der Waals surface area (Å²) in [5, 5.41) is 11.5. The number of nitrogens with zero attached hydrogens (tertiary/aromatic N) is 2.